The zero-order valence-electron chi connectivity index (χ0n) is 17.8. The predicted molar refractivity (Wildman–Crippen MR) is 118 cm³/mol. The lowest BCUT2D eigenvalue weighted by Crippen LogP contribution is -2.39. The van der Waals surface area contributed by atoms with E-state index in [9.17, 15) is 8.42 Å². The van der Waals surface area contributed by atoms with E-state index in [0.717, 1.165) is 43.8 Å². The minimum absolute atomic E-state index is 0.0769. The molecule has 1 aliphatic rings. The molecule has 1 unspecified atom stereocenters. The zero-order chi connectivity index (χ0) is 21.4. The van der Waals surface area contributed by atoms with Crippen molar-refractivity contribution < 1.29 is 17.9 Å². The first kappa shape index (κ1) is 22.7. The maximum atomic E-state index is 12.6. The Labute approximate surface area is 180 Å². The summed E-state index contributed by atoms with van der Waals surface area (Å²) < 4.78 is 39.5. The molecule has 164 valence electrons. The number of hydrogen-bond acceptors (Lipinski definition) is 5. The first-order valence-electron chi connectivity index (χ1n) is 10.6. The molecule has 1 aliphatic heterocycles. The van der Waals surface area contributed by atoms with E-state index in [1.807, 2.05) is 32.0 Å². The Bertz CT molecular complexity index is 903. The smallest absolute Gasteiger partial charge is 0.240 e. The van der Waals surface area contributed by atoms with Crippen LogP contribution in [-0.2, 0) is 14.8 Å². The molecule has 1 fully saturated rings. The van der Waals surface area contributed by atoms with Gasteiger partial charge in [-0.3, -0.25) is 4.90 Å². The van der Waals surface area contributed by atoms with Crippen LogP contribution in [0.15, 0.2) is 53.4 Å². The average molecular weight is 433 g/mol. The summed E-state index contributed by atoms with van der Waals surface area (Å²) in [4.78, 5) is 2.61. The highest BCUT2D eigenvalue weighted by Gasteiger charge is 2.21. The van der Waals surface area contributed by atoms with Crippen molar-refractivity contribution in [1.29, 1.82) is 0 Å². The number of aryl methyl sites for hydroxylation is 1. The first-order valence-corrected chi connectivity index (χ1v) is 12.1. The van der Waals surface area contributed by atoms with Gasteiger partial charge in [0.05, 0.1) is 24.2 Å². The van der Waals surface area contributed by atoms with Gasteiger partial charge in [0.15, 0.2) is 0 Å². The Balaban J connectivity index is 1.47. The summed E-state index contributed by atoms with van der Waals surface area (Å²) in [5, 5.41) is 0. The molecule has 1 atom stereocenters. The van der Waals surface area contributed by atoms with Gasteiger partial charge in [0, 0.05) is 19.6 Å². The summed E-state index contributed by atoms with van der Waals surface area (Å²) in [5.41, 5.74) is 2.01. The van der Waals surface area contributed by atoms with Crippen LogP contribution in [0.4, 0.5) is 0 Å². The Morgan fingerprint density at radius 3 is 2.73 bits per heavy atom. The number of nitrogens with one attached hydrogen (secondary N) is 1. The van der Waals surface area contributed by atoms with E-state index in [2.05, 4.69) is 21.8 Å². The summed E-state index contributed by atoms with van der Waals surface area (Å²) in [6, 6.07) is 15.2. The number of hydrogen-bond donors (Lipinski definition) is 1. The van der Waals surface area contributed by atoms with E-state index >= 15 is 0 Å². The second-order valence-electron chi connectivity index (χ2n) is 7.60. The van der Waals surface area contributed by atoms with Gasteiger partial charge in [-0.25, -0.2) is 13.1 Å². The third-order valence-electron chi connectivity index (χ3n) is 5.18. The number of morpholine rings is 1. The molecule has 2 aromatic carbocycles. The molecule has 3 rings (SSSR count). The quantitative estimate of drug-likeness (QED) is 0.582. The number of sulfonamides is 1. The first-order chi connectivity index (χ1) is 14.5. The van der Waals surface area contributed by atoms with Crippen LogP contribution < -0.4 is 9.46 Å². The lowest BCUT2D eigenvalue weighted by Gasteiger charge is -2.33. The number of rotatable bonds is 10. The Hall–Kier alpha value is -1.93. The van der Waals surface area contributed by atoms with Gasteiger partial charge < -0.3 is 9.47 Å². The van der Waals surface area contributed by atoms with E-state index in [0.29, 0.717) is 19.8 Å². The minimum atomic E-state index is -3.53. The molecular weight excluding hydrogens is 400 g/mol. The Morgan fingerprint density at radius 2 is 2.00 bits per heavy atom. The number of nitrogens with zero attached hydrogens (tertiary/aromatic N) is 1. The van der Waals surface area contributed by atoms with E-state index in [-0.39, 0.29) is 11.0 Å². The van der Waals surface area contributed by atoms with Crippen molar-refractivity contribution in [2.24, 2.45) is 0 Å². The average Bonchev–Trinajstić information content (AvgIpc) is 2.77. The number of benzene rings is 2. The molecule has 2 aromatic rings. The molecule has 0 radical (unpaired) electrons. The highest BCUT2D eigenvalue weighted by molar-refractivity contribution is 7.89. The molecule has 6 nitrogen and oxygen atoms in total. The van der Waals surface area contributed by atoms with Crippen LogP contribution in [0.2, 0.25) is 0 Å². The van der Waals surface area contributed by atoms with Gasteiger partial charge in [0.25, 0.3) is 0 Å². The fourth-order valence-electron chi connectivity index (χ4n) is 3.53. The van der Waals surface area contributed by atoms with Crippen LogP contribution in [0.25, 0.3) is 0 Å². The molecular formula is C23H32N2O4S. The summed E-state index contributed by atoms with van der Waals surface area (Å²) in [5.74, 6) is 0.732. The van der Waals surface area contributed by atoms with Crippen molar-refractivity contribution in [2.45, 2.75) is 37.7 Å². The van der Waals surface area contributed by atoms with Crippen molar-refractivity contribution in [3.8, 4) is 5.75 Å². The molecule has 0 aliphatic carbocycles. The van der Waals surface area contributed by atoms with Crippen molar-refractivity contribution in [3.63, 3.8) is 0 Å². The van der Waals surface area contributed by atoms with E-state index in [1.165, 1.54) is 5.56 Å². The van der Waals surface area contributed by atoms with Crippen molar-refractivity contribution in [3.05, 3.63) is 59.7 Å². The third kappa shape index (κ3) is 6.28. The van der Waals surface area contributed by atoms with Gasteiger partial charge in [-0.2, -0.15) is 0 Å². The largest absolute Gasteiger partial charge is 0.493 e. The molecule has 7 heteroatoms. The van der Waals surface area contributed by atoms with Crippen LogP contribution in [0.3, 0.4) is 0 Å². The maximum absolute atomic E-state index is 12.6. The lowest BCUT2D eigenvalue weighted by atomic mass is 10.1. The zero-order valence-corrected chi connectivity index (χ0v) is 18.7. The standard InChI is InChI=1S/C23H32N2O4S/c1-3-15-28-22-11-10-21(17-19(22)2)30(26,27)24-12-7-13-25-14-16-29-23(18-25)20-8-5-4-6-9-20/h4-6,8-11,17,23-24H,3,7,12-16,18H2,1-2H3. The highest BCUT2D eigenvalue weighted by atomic mass is 32.2. The second kappa shape index (κ2) is 10.9. The third-order valence-corrected chi connectivity index (χ3v) is 6.64. The van der Waals surface area contributed by atoms with Crippen LogP contribution in [-0.4, -0.2) is 52.7 Å². The molecule has 0 bridgehead atoms. The Morgan fingerprint density at radius 1 is 1.20 bits per heavy atom. The normalized spacial score (nSPS) is 17.7. The van der Waals surface area contributed by atoms with Crippen LogP contribution >= 0.6 is 0 Å². The summed E-state index contributed by atoms with van der Waals surface area (Å²) in [6.45, 7) is 8.15. The van der Waals surface area contributed by atoms with Crippen LogP contribution in [0.5, 0.6) is 5.75 Å². The van der Waals surface area contributed by atoms with Gasteiger partial charge in [0.2, 0.25) is 10.0 Å². The van der Waals surface area contributed by atoms with Crippen LogP contribution in [0, 0.1) is 6.92 Å². The Kier molecular flexibility index (Phi) is 8.27. The summed E-state index contributed by atoms with van der Waals surface area (Å²) in [6.07, 6.45) is 1.74. The molecule has 0 spiro atoms. The number of ether oxygens (including phenoxy) is 2. The van der Waals surface area contributed by atoms with Crippen molar-refractivity contribution in [1.82, 2.24) is 9.62 Å². The van der Waals surface area contributed by atoms with Gasteiger partial charge in [-0.15, -0.1) is 0 Å². The molecule has 1 N–H and O–H groups in total. The van der Waals surface area contributed by atoms with E-state index in [4.69, 9.17) is 9.47 Å². The topological polar surface area (TPSA) is 67.9 Å². The summed E-state index contributed by atoms with van der Waals surface area (Å²) in [7, 11) is -3.53. The fourth-order valence-corrected chi connectivity index (χ4v) is 4.69. The highest BCUT2D eigenvalue weighted by Crippen LogP contribution is 2.23. The molecule has 0 amide bonds. The molecule has 1 saturated heterocycles. The van der Waals surface area contributed by atoms with Gasteiger partial charge in [-0.1, -0.05) is 37.3 Å². The van der Waals surface area contributed by atoms with E-state index < -0.39 is 10.0 Å². The van der Waals surface area contributed by atoms with E-state index in [1.54, 1.807) is 18.2 Å². The minimum Gasteiger partial charge on any atom is -0.493 e. The fraction of sp³-hybridized carbons (Fsp3) is 0.478. The van der Waals surface area contributed by atoms with Crippen LogP contribution in [0.1, 0.15) is 37.0 Å². The maximum Gasteiger partial charge on any atom is 0.240 e. The van der Waals surface area contributed by atoms with Gasteiger partial charge in [-0.05, 0) is 55.6 Å². The molecule has 0 saturated carbocycles. The van der Waals surface area contributed by atoms with Crippen molar-refractivity contribution >= 4 is 10.0 Å². The molecule has 0 aromatic heterocycles. The van der Waals surface area contributed by atoms with Gasteiger partial charge in [0.1, 0.15) is 5.75 Å². The monoisotopic (exact) mass is 432 g/mol. The molecule has 1 heterocycles. The van der Waals surface area contributed by atoms with Gasteiger partial charge >= 0.3 is 0 Å². The second-order valence-corrected chi connectivity index (χ2v) is 9.36. The summed E-state index contributed by atoms with van der Waals surface area (Å²) >= 11 is 0. The lowest BCUT2D eigenvalue weighted by molar-refractivity contribution is -0.0300. The van der Waals surface area contributed by atoms with Crippen molar-refractivity contribution in [2.75, 3.05) is 39.4 Å². The SMILES string of the molecule is CCCOc1ccc(S(=O)(=O)NCCCN2CCOC(c3ccccc3)C2)cc1C. The predicted octanol–water partition coefficient (Wildman–Crippen LogP) is 3.53. The molecule has 30 heavy (non-hydrogen) atoms.